The molecule has 0 amide bonds. The van der Waals surface area contributed by atoms with E-state index < -0.39 is 0 Å². The third-order valence-corrected chi connectivity index (χ3v) is 2.16. The Morgan fingerprint density at radius 3 is 2.62 bits per heavy atom. The second-order valence-corrected chi connectivity index (χ2v) is 3.61. The molecule has 0 aliphatic carbocycles. The quantitative estimate of drug-likeness (QED) is 0.745. The highest BCUT2D eigenvalue weighted by Gasteiger charge is 2.03. The first-order chi connectivity index (χ1) is 6.13. The van der Waals surface area contributed by atoms with E-state index in [1.807, 2.05) is 26.0 Å². The highest BCUT2D eigenvalue weighted by molar-refractivity contribution is 5.35. The zero-order chi connectivity index (χ0) is 9.84. The smallest absolute Gasteiger partial charge is 0.118 e. The number of phenols is 1. The van der Waals surface area contributed by atoms with Crippen LogP contribution in [0.3, 0.4) is 0 Å². The molecule has 0 aromatic heterocycles. The predicted molar refractivity (Wildman–Crippen MR) is 52.8 cm³/mol. The maximum Gasteiger partial charge on any atom is 0.118 e. The molecule has 0 heterocycles. The third-order valence-electron chi connectivity index (χ3n) is 2.16. The van der Waals surface area contributed by atoms with E-state index in [0.29, 0.717) is 5.75 Å². The second-order valence-electron chi connectivity index (χ2n) is 3.61. The van der Waals surface area contributed by atoms with Gasteiger partial charge >= 0.3 is 0 Å². The van der Waals surface area contributed by atoms with Crippen LogP contribution in [0.15, 0.2) is 18.2 Å². The van der Waals surface area contributed by atoms with Crippen LogP contribution < -0.4 is 0 Å². The number of aryl methyl sites for hydroxylation is 1. The molecule has 2 N–H and O–H groups in total. The van der Waals surface area contributed by atoms with Gasteiger partial charge in [0.05, 0.1) is 0 Å². The van der Waals surface area contributed by atoms with Crippen LogP contribution in [0, 0.1) is 12.8 Å². The molecule has 0 aliphatic heterocycles. The van der Waals surface area contributed by atoms with Gasteiger partial charge in [-0.05, 0) is 36.5 Å². The molecule has 2 nitrogen and oxygen atoms in total. The van der Waals surface area contributed by atoms with Gasteiger partial charge in [0.15, 0.2) is 0 Å². The number of rotatable bonds is 3. The summed E-state index contributed by atoms with van der Waals surface area (Å²) in [5, 5.41) is 18.2. The normalized spacial score (nSPS) is 12.8. The van der Waals surface area contributed by atoms with Crippen molar-refractivity contribution in [2.24, 2.45) is 5.92 Å². The lowest BCUT2D eigenvalue weighted by molar-refractivity contribution is 0.237. The van der Waals surface area contributed by atoms with Crippen LogP contribution in [0.4, 0.5) is 0 Å². The van der Waals surface area contributed by atoms with Crippen LogP contribution in [0.1, 0.15) is 18.1 Å². The van der Waals surface area contributed by atoms with E-state index in [-0.39, 0.29) is 12.5 Å². The van der Waals surface area contributed by atoms with Crippen molar-refractivity contribution in [3.8, 4) is 5.75 Å². The van der Waals surface area contributed by atoms with Gasteiger partial charge in [-0.15, -0.1) is 0 Å². The van der Waals surface area contributed by atoms with Gasteiger partial charge < -0.3 is 10.2 Å². The minimum Gasteiger partial charge on any atom is -0.508 e. The van der Waals surface area contributed by atoms with Crippen LogP contribution in [-0.4, -0.2) is 16.8 Å². The molecule has 0 spiro atoms. The first-order valence-corrected chi connectivity index (χ1v) is 4.53. The molecule has 1 aromatic rings. The molecule has 13 heavy (non-hydrogen) atoms. The van der Waals surface area contributed by atoms with E-state index in [2.05, 4.69) is 0 Å². The highest BCUT2D eigenvalue weighted by atomic mass is 16.3. The van der Waals surface area contributed by atoms with Gasteiger partial charge in [0.2, 0.25) is 0 Å². The Bertz CT molecular complexity index is 281. The summed E-state index contributed by atoms with van der Waals surface area (Å²) in [6, 6.07) is 5.56. The molecule has 1 atom stereocenters. The number of aliphatic hydroxyl groups is 1. The van der Waals surface area contributed by atoms with Crippen molar-refractivity contribution >= 4 is 0 Å². The maximum atomic E-state index is 9.29. The Morgan fingerprint density at radius 1 is 1.38 bits per heavy atom. The number of hydrogen-bond acceptors (Lipinski definition) is 2. The summed E-state index contributed by atoms with van der Waals surface area (Å²) in [7, 11) is 0. The fourth-order valence-electron chi connectivity index (χ4n) is 1.31. The van der Waals surface area contributed by atoms with Crippen LogP contribution in [-0.2, 0) is 6.42 Å². The minimum atomic E-state index is 0.208. The molecular weight excluding hydrogens is 164 g/mol. The third kappa shape index (κ3) is 2.74. The van der Waals surface area contributed by atoms with Crippen molar-refractivity contribution in [1.29, 1.82) is 0 Å². The fourth-order valence-corrected chi connectivity index (χ4v) is 1.31. The molecule has 0 fully saturated rings. The minimum absolute atomic E-state index is 0.208. The van der Waals surface area contributed by atoms with Crippen molar-refractivity contribution in [3.63, 3.8) is 0 Å². The first-order valence-electron chi connectivity index (χ1n) is 4.53. The van der Waals surface area contributed by atoms with E-state index in [1.54, 1.807) is 6.07 Å². The van der Waals surface area contributed by atoms with E-state index in [9.17, 15) is 5.11 Å². The molecule has 0 aliphatic rings. The molecule has 1 aromatic carbocycles. The summed E-state index contributed by atoms with van der Waals surface area (Å²) in [5.74, 6) is 0.615. The fraction of sp³-hybridized carbons (Fsp3) is 0.455. The standard InChI is InChI=1S/C11H16O2/c1-8(7-12)5-10-3-4-11(13)9(2)6-10/h3-4,6,8,12-13H,5,7H2,1-2H3/t8-/m0/s1. The SMILES string of the molecule is Cc1cc(C[C@H](C)CO)ccc1O. The Hall–Kier alpha value is -1.02. The maximum absolute atomic E-state index is 9.29. The molecule has 72 valence electrons. The summed E-state index contributed by atoms with van der Waals surface area (Å²) in [6.45, 7) is 4.09. The molecule has 2 heteroatoms. The molecule has 0 radical (unpaired) electrons. The van der Waals surface area contributed by atoms with Crippen LogP contribution >= 0.6 is 0 Å². The van der Waals surface area contributed by atoms with E-state index in [1.165, 1.54) is 0 Å². The second kappa shape index (κ2) is 4.28. The largest absolute Gasteiger partial charge is 0.508 e. The van der Waals surface area contributed by atoms with Crippen molar-refractivity contribution in [2.45, 2.75) is 20.3 Å². The van der Waals surface area contributed by atoms with E-state index in [0.717, 1.165) is 17.5 Å². The van der Waals surface area contributed by atoms with Gasteiger partial charge in [0.25, 0.3) is 0 Å². The Balaban J connectivity index is 2.73. The zero-order valence-electron chi connectivity index (χ0n) is 8.12. The predicted octanol–water partition coefficient (Wildman–Crippen LogP) is 1.87. The Kier molecular flexibility index (Phi) is 3.32. The molecule has 0 saturated heterocycles. The van der Waals surface area contributed by atoms with Crippen LogP contribution in [0.2, 0.25) is 0 Å². The number of benzene rings is 1. The summed E-state index contributed by atoms with van der Waals surface area (Å²) >= 11 is 0. The van der Waals surface area contributed by atoms with Gasteiger partial charge in [-0.2, -0.15) is 0 Å². The van der Waals surface area contributed by atoms with Gasteiger partial charge in [-0.25, -0.2) is 0 Å². The van der Waals surface area contributed by atoms with Crippen molar-refractivity contribution in [1.82, 2.24) is 0 Å². The first kappa shape index (κ1) is 10.1. The summed E-state index contributed by atoms with van der Waals surface area (Å²) in [5.41, 5.74) is 2.06. The van der Waals surface area contributed by atoms with Crippen LogP contribution in [0.25, 0.3) is 0 Å². The van der Waals surface area contributed by atoms with Crippen molar-refractivity contribution in [3.05, 3.63) is 29.3 Å². The molecule has 0 bridgehead atoms. The van der Waals surface area contributed by atoms with Gasteiger partial charge in [0.1, 0.15) is 5.75 Å². The number of aliphatic hydroxyl groups excluding tert-OH is 1. The van der Waals surface area contributed by atoms with Gasteiger partial charge in [0, 0.05) is 6.61 Å². The van der Waals surface area contributed by atoms with E-state index >= 15 is 0 Å². The summed E-state index contributed by atoms with van der Waals surface area (Å²) in [6.07, 6.45) is 0.859. The monoisotopic (exact) mass is 180 g/mol. The van der Waals surface area contributed by atoms with Gasteiger partial charge in [-0.1, -0.05) is 19.1 Å². The molecule has 0 saturated carbocycles. The lowest BCUT2D eigenvalue weighted by atomic mass is 10.0. The van der Waals surface area contributed by atoms with Crippen molar-refractivity contribution < 1.29 is 10.2 Å². The molecule has 0 unspecified atom stereocenters. The Morgan fingerprint density at radius 2 is 2.08 bits per heavy atom. The number of aromatic hydroxyl groups is 1. The topological polar surface area (TPSA) is 40.5 Å². The van der Waals surface area contributed by atoms with Gasteiger partial charge in [-0.3, -0.25) is 0 Å². The number of phenolic OH excluding ortho intramolecular Hbond substituents is 1. The summed E-state index contributed by atoms with van der Waals surface area (Å²) < 4.78 is 0. The lowest BCUT2D eigenvalue weighted by Crippen LogP contribution is -2.04. The lowest BCUT2D eigenvalue weighted by Gasteiger charge is -2.08. The van der Waals surface area contributed by atoms with Crippen LogP contribution in [0.5, 0.6) is 5.75 Å². The Labute approximate surface area is 78.8 Å². The number of hydrogen-bond donors (Lipinski definition) is 2. The average molecular weight is 180 g/mol. The molecule has 1 rings (SSSR count). The summed E-state index contributed by atoms with van der Waals surface area (Å²) in [4.78, 5) is 0. The zero-order valence-corrected chi connectivity index (χ0v) is 8.12. The average Bonchev–Trinajstić information content (AvgIpc) is 2.11. The highest BCUT2D eigenvalue weighted by Crippen LogP contribution is 2.18. The van der Waals surface area contributed by atoms with Crippen molar-refractivity contribution in [2.75, 3.05) is 6.61 Å². The molecular formula is C11H16O2. The van der Waals surface area contributed by atoms with E-state index in [4.69, 9.17) is 5.11 Å².